The maximum atomic E-state index is 12.5. The third kappa shape index (κ3) is 4.36. The molecule has 0 radical (unpaired) electrons. The molecule has 3 rings (SSSR count). The van der Waals surface area contributed by atoms with Crippen LogP contribution in [0.3, 0.4) is 0 Å². The van der Waals surface area contributed by atoms with E-state index in [1.54, 1.807) is 4.90 Å². The van der Waals surface area contributed by atoms with Crippen molar-refractivity contribution < 1.29 is 19.1 Å². The molecule has 6 heteroatoms. The smallest absolute Gasteiger partial charge is 0.260 e. The van der Waals surface area contributed by atoms with Gasteiger partial charge in [-0.3, -0.25) is 9.59 Å². The van der Waals surface area contributed by atoms with E-state index in [1.165, 1.54) is 0 Å². The summed E-state index contributed by atoms with van der Waals surface area (Å²) in [5, 5.41) is 0. The van der Waals surface area contributed by atoms with Crippen LogP contribution < -0.4 is 4.74 Å². The van der Waals surface area contributed by atoms with Gasteiger partial charge in [-0.1, -0.05) is 12.1 Å². The van der Waals surface area contributed by atoms with Gasteiger partial charge in [0.05, 0.1) is 0 Å². The monoisotopic (exact) mass is 360 g/mol. The zero-order valence-electron chi connectivity index (χ0n) is 15.7. The molecule has 1 unspecified atom stereocenters. The Bertz CT molecular complexity index is 655. The first-order chi connectivity index (χ1) is 12.6. The number of hydrogen-bond acceptors (Lipinski definition) is 4. The summed E-state index contributed by atoms with van der Waals surface area (Å²) in [5.41, 5.74) is 2.21. The van der Waals surface area contributed by atoms with Crippen LogP contribution in [0.4, 0.5) is 0 Å². The lowest BCUT2D eigenvalue weighted by Gasteiger charge is -2.24. The number of amides is 2. The summed E-state index contributed by atoms with van der Waals surface area (Å²) in [7, 11) is 0. The van der Waals surface area contributed by atoms with E-state index < -0.39 is 0 Å². The second-order valence-electron chi connectivity index (χ2n) is 7.05. The molecule has 2 aliphatic rings. The third-order valence-corrected chi connectivity index (χ3v) is 5.27. The van der Waals surface area contributed by atoms with Crippen LogP contribution >= 0.6 is 0 Å². The standard InChI is InChI=1S/C20H28N2O4/c1-15-6-3-7-17(16(15)2)26-14-19(23)21-9-5-10-22(12-11-21)20(24)18-8-4-13-25-18/h3,6-7,18H,4-5,8-14H2,1-2H3. The summed E-state index contributed by atoms with van der Waals surface area (Å²) in [4.78, 5) is 28.7. The number of hydrogen-bond donors (Lipinski definition) is 0. The first-order valence-corrected chi connectivity index (χ1v) is 9.43. The van der Waals surface area contributed by atoms with E-state index in [-0.39, 0.29) is 24.5 Å². The average Bonchev–Trinajstić information content (AvgIpc) is 3.06. The lowest BCUT2D eigenvalue weighted by molar-refractivity contribution is -0.141. The number of aryl methyl sites for hydroxylation is 1. The predicted octanol–water partition coefficient (Wildman–Crippen LogP) is 1.92. The van der Waals surface area contributed by atoms with E-state index >= 15 is 0 Å². The minimum atomic E-state index is -0.287. The number of benzene rings is 1. The average molecular weight is 360 g/mol. The molecule has 2 heterocycles. The van der Waals surface area contributed by atoms with Gasteiger partial charge in [0, 0.05) is 32.8 Å². The largest absolute Gasteiger partial charge is 0.483 e. The van der Waals surface area contributed by atoms with Crippen molar-refractivity contribution >= 4 is 11.8 Å². The Morgan fingerprint density at radius 1 is 1.12 bits per heavy atom. The molecule has 142 valence electrons. The van der Waals surface area contributed by atoms with Crippen molar-refractivity contribution in [3.8, 4) is 5.75 Å². The lowest BCUT2D eigenvalue weighted by atomic mass is 10.1. The van der Waals surface area contributed by atoms with Gasteiger partial charge in [-0.2, -0.15) is 0 Å². The summed E-state index contributed by atoms with van der Waals surface area (Å²) in [5.74, 6) is 0.795. The van der Waals surface area contributed by atoms with E-state index in [9.17, 15) is 9.59 Å². The summed E-state index contributed by atoms with van der Waals surface area (Å²) in [6.45, 7) is 7.18. The molecule has 2 saturated heterocycles. The van der Waals surface area contributed by atoms with Crippen LogP contribution in [0.1, 0.15) is 30.4 Å². The van der Waals surface area contributed by atoms with Crippen LogP contribution in [0.2, 0.25) is 0 Å². The van der Waals surface area contributed by atoms with E-state index in [1.807, 2.05) is 36.9 Å². The first kappa shape index (κ1) is 18.7. The number of carbonyl (C=O) groups is 2. The third-order valence-electron chi connectivity index (χ3n) is 5.27. The Labute approximate surface area is 155 Å². The fraction of sp³-hybridized carbons (Fsp3) is 0.600. The maximum absolute atomic E-state index is 12.5. The van der Waals surface area contributed by atoms with Gasteiger partial charge in [0.2, 0.25) is 0 Å². The molecule has 0 saturated carbocycles. The van der Waals surface area contributed by atoms with Crippen LogP contribution in [0.5, 0.6) is 5.75 Å². The van der Waals surface area contributed by atoms with E-state index in [0.717, 1.165) is 36.1 Å². The Morgan fingerprint density at radius 3 is 2.65 bits per heavy atom. The van der Waals surface area contributed by atoms with Crippen LogP contribution in [-0.2, 0) is 14.3 Å². The SMILES string of the molecule is Cc1cccc(OCC(=O)N2CCCN(C(=O)C3CCCO3)CC2)c1C. The van der Waals surface area contributed by atoms with Gasteiger partial charge in [0.25, 0.3) is 11.8 Å². The Morgan fingerprint density at radius 2 is 1.88 bits per heavy atom. The molecular weight excluding hydrogens is 332 g/mol. The van der Waals surface area contributed by atoms with Gasteiger partial charge < -0.3 is 19.3 Å². The molecule has 6 nitrogen and oxygen atoms in total. The fourth-order valence-electron chi connectivity index (χ4n) is 3.47. The zero-order chi connectivity index (χ0) is 18.5. The van der Waals surface area contributed by atoms with Crippen molar-refractivity contribution in [3.05, 3.63) is 29.3 Å². The molecule has 0 N–H and O–H groups in total. The Balaban J connectivity index is 1.51. The molecule has 1 atom stereocenters. The van der Waals surface area contributed by atoms with Crippen molar-refractivity contribution in [2.24, 2.45) is 0 Å². The van der Waals surface area contributed by atoms with Crippen molar-refractivity contribution in [3.63, 3.8) is 0 Å². The van der Waals surface area contributed by atoms with Crippen molar-refractivity contribution in [1.82, 2.24) is 9.80 Å². The van der Waals surface area contributed by atoms with Gasteiger partial charge in [0.15, 0.2) is 6.61 Å². The normalized spacial score (nSPS) is 20.8. The zero-order valence-corrected chi connectivity index (χ0v) is 15.7. The second-order valence-corrected chi connectivity index (χ2v) is 7.05. The highest BCUT2D eigenvalue weighted by Gasteiger charge is 2.30. The molecular formula is C20H28N2O4. The molecule has 0 aliphatic carbocycles. The van der Waals surface area contributed by atoms with Crippen LogP contribution in [-0.4, -0.2) is 67.1 Å². The topological polar surface area (TPSA) is 59.1 Å². The molecule has 1 aromatic rings. The summed E-state index contributed by atoms with van der Waals surface area (Å²) in [6.07, 6.45) is 2.25. The lowest BCUT2D eigenvalue weighted by Crippen LogP contribution is -2.42. The molecule has 26 heavy (non-hydrogen) atoms. The van der Waals surface area contributed by atoms with Gasteiger partial charge in [0.1, 0.15) is 11.9 Å². The summed E-state index contributed by atoms with van der Waals surface area (Å²) >= 11 is 0. The van der Waals surface area contributed by atoms with Crippen molar-refractivity contribution in [2.45, 2.75) is 39.2 Å². The van der Waals surface area contributed by atoms with E-state index in [4.69, 9.17) is 9.47 Å². The highest BCUT2D eigenvalue weighted by molar-refractivity contribution is 5.81. The number of nitrogens with zero attached hydrogens (tertiary/aromatic N) is 2. The van der Waals surface area contributed by atoms with Gasteiger partial charge >= 0.3 is 0 Å². The minimum absolute atomic E-state index is 0.0303. The Hall–Kier alpha value is -2.08. The van der Waals surface area contributed by atoms with Gasteiger partial charge in [-0.15, -0.1) is 0 Å². The molecule has 1 aromatic carbocycles. The minimum Gasteiger partial charge on any atom is -0.483 e. The second kappa shape index (κ2) is 8.54. The van der Waals surface area contributed by atoms with Crippen LogP contribution in [0.25, 0.3) is 0 Å². The molecule has 0 bridgehead atoms. The van der Waals surface area contributed by atoms with Crippen molar-refractivity contribution in [1.29, 1.82) is 0 Å². The highest BCUT2D eigenvalue weighted by atomic mass is 16.5. The fourth-order valence-corrected chi connectivity index (χ4v) is 3.47. The van der Waals surface area contributed by atoms with E-state index in [0.29, 0.717) is 32.8 Å². The predicted molar refractivity (Wildman–Crippen MR) is 98.2 cm³/mol. The number of carbonyl (C=O) groups excluding carboxylic acids is 2. The highest BCUT2D eigenvalue weighted by Crippen LogP contribution is 2.21. The molecule has 0 aromatic heterocycles. The maximum Gasteiger partial charge on any atom is 0.260 e. The number of ether oxygens (including phenoxy) is 2. The Kier molecular flexibility index (Phi) is 6.14. The van der Waals surface area contributed by atoms with E-state index in [2.05, 4.69) is 0 Å². The molecule has 2 aliphatic heterocycles. The summed E-state index contributed by atoms with van der Waals surface area (Å²) < 4.78 is 11.2. The molecule has 0 spiro atoms. The first-order valence-electron chi connectivity index (χ1n) is 9.43. The summed E-state index contributed by atoms with van der Waals surface area (Å²) in [6, 6.07) is 5.85. The van der Waals surface area contributed by atoms with Gasteiger partial charge in [-0.05, 0) is 50.3 Å². The van der Waals surface area contributed by atoms with Crippen LogP contribution in [0.15, 0.2) is 18.2 Å². The van der Waals surface area contributed by atoms with Gasteiger partial charge in [-0.25, -0.2) is 0 Å². The van der Waals surface area contributed by atoms with Crippen molar-refractivity contribution in [2.75, 3.05) is 39.4 Å². The molecule has 2 fully saturated rings. The number of rotatable bonds is 4. The molecule has 2 amide bonds. The quantitative estimate of drug-likeness (QED) is 0.823. The van der Waals surface area contributed by atoms with Crippen LogP contribution in [0, 0.1) is 13.8 Å².